The van der Waals surface area contributed by atoms with E-state index in [1.54, 1.807) is 6.07 Å². The summed E-state index contributed by atoms with van der Waals surface area (Å²) < 4.78 is 13.3. The largest absolute Gasteiger partial charge is 0.507 e. The molecule has 0 aliphatic rings. The molecular weight excluding hydrogens is 269 g/mol. The van der Waals surface area contributed by atoms with E-state index < -0.39 is 11.6 Å². The van der Waals surface area contributed by atoms with Crippen molar-refractivity contribution < 1.29 is 14.3 Å². The van der Waals surface area contributed by atoms with Crippen molar-refractivity contribution in [1.82, 2.24) is 0 Å². The van der Waals surface area contributed by atoms with Gasteiger partial charge in [-0.05, 0) is 36.4 Å². The maximum absolute atomic E-state index is 13.3. The van der Waals surface area contributed by atoms with Gasteiger partial charge in [-0.2, -0.15) is 5.26 Å². The van der Waals surface area contributed by atoms with Gasteiger partial charge in [-0.1, -0.05) is 11.6 Å². The van der Waals surface area contributed by atoms with E-state index in [1.165, 1.54) is 24.3 Å². The Morgan fingerprint density at radius 1 is 1.26 bits per heavy atom. The van der Waals surface area contributed by atoms with Crippen molar-refractivity contribution in [1.29, 1.82) is 5.26 Å². The SMILES string of the molecule is N#Cc1cc(F)cc(C(=O)c2cc(Cl)ccc2O)c1. The van der Waals surface area contributed by atoms with E-state index in [1.807, 2.05) is 0 Å². The van der Waals surface area contributed by atoms with Gasteiger partial charge in [-0.3, -0.25) is 4.79 Å². The molecule has 94 valence electrons. The molecule has 0 aliphatic heterocycles. The highest BCUT2D eigenvalue weighted by molar-refractivity contribution is 6.31. The topological polar surface area (TPSA) is 61.1 Å². The van der Waals surface area contributed by atoms with Crippen LogP contribution in [0.3, 0.4) is 0 Å². The predicted octanol–water partition coefficient (Wildman–Crippen LogP) is 3.29. The average Bonchev–Trinajstić information content (AvgIpc) is 2.40. The van der Waals surface area contributed by atoms with Gasteiger partial charge in [0.15, 0.2) is 5.78 Å². The van der Waals surface area contributed by atoms with Crippen LogP contribution in [0.25, 0.3) is 0 Å². The fourth-order valence-electron chi connectivity index (χ4n) is 1.63. The van der Waals surface area contributed by atoms with E-state index in [2.05, 4.69) is 0 Å². The zero-order chi connectivity index (χ0) is 14.0. The molecule has 1 N–H and O–H groups in total. The fourth-order valence-corrected chi connectivity index (χ4v) is 1.80. The third kappa shape index (κ3) is 2.72. The lowest BCUT2D eigenvalue weighted by Gasteiger charge is -2.05. The van der Waals surface area contributed by atoms with Crippen LogP contribution in [0, 0.1) is 17.1 Å². The number of nitriles is 1. The number of hydrogen-bond donors (Lipinski definition) is 1. The van der Waals surface area contributed by atoms with Crippen LogP contribution in [0.2, 0.25) is 5.02 Å². The van der Waals surface area contributed by atoms with Gasteiger partial charge in [0.2, 0.25) is 0 Å². The summed E-state index contributed by atoms with van der Waals surface area (Å²) in [6, 6.07) is 9.04. The first-order valence-corrected chi connectivity index (χ1v) is 5.63. The molecule has 2 aromatic rings. The summed E-state index contributed by atoms with van der Waals surface area (Å²) in [4.78, 5) is 12.1. The molecule has 0 radical (unpaired) electrons. The Bertz CT molecular complexity index is 707. The molecule has 0 spiro atoms. The molecule has 0 saturated carbocycles. The van der Waals surface area contributed by atoms with Crippen LogP contribution in [0.4, 0.5) is 4.39 Å². The number of carbonyl (C=O) groups is 1. The second-order valence-electron chi connectivity index (χ2n) is 3.83. The van der Waals surface area contributed by atoms with Crippen LogP contribution in [-0.2, 0) is 0 Å². The predicted molar refractivity (Wildman–Crippen MR) is 67.7 cm³/mol. The Hall–Kier alpha value is -2.38. The Labute approximate surface area is 113 Å². The molecule has 0 heterocycles. The summed E-state index contributed by atoms with van der Waals surface area (Å²) in [5.74, 6) is -1.54. The molecule has 2 aromatic carbocycles. The molecule has 0 unspecified atom stereocenters. The Balaban J connectivity index is 2.53. The quantitative estimate of drug-likeness (QED) is 0.856. The van der Waals surface area contributed by atoms with Crippen molar-refractivity contribution in [2.45, 2.75) is 0 Å². The van der Waals surface area contributed by atoms with Gasteiger partial charge in [0.05, 0.1) is 17.2 Å². The van der Waals surface area contributed by atoms with Crippen LogP contribution in [-0.4, -0.2) is 10.9 Å². The second-order valence-corrected chi connectivity index (χ2v) is 4.27. The van der Waals surface area contributed by atoms with Crippen molar-refractivity contribution >= 4 is 17.4 Å². The lowest BCUT2D eigenvalue weighted by Crippen LogP contribution is -2.03. The normalized spacial score (nSPS) is 9.95. The van der Waals surface area contributed by atoms with E-state index in [0.29, 0.717) is 0 Å². The van der Waals surface area contributed by atoms with Gasteiger partial charge in [-0.25, -0.2) is 4.39 Å². The molecule has 5 heteroatoms. The van der Waals surface area contributed by atoms with Gasteiger partial charge in [0.25, 0.3) is 0 Å². The monoisotopic (exact) mass is 275 g/mol. The Morgan fingerprint density at radius 3 is 2.68 bits per heavy atom. The van der Waals surface area contributed by atoms with Crippen LogP contribution in [0.1, 0.15) is 21.5 Å². The van der Waals surface area contributed by atoms with Crippen LogP contribution < -0.4 is 0 Å². The van der Waals surface area contributed by atoms with Crippen LogP contribution in [0.5, 0.6) is 5.75 Å². The minimum atomic E-state index is -0.691. The van der Waals surface area contributed by atoms with Crippen molar-refractivity contribution in [3.8, 4) is 11.8 Å². The Morgan fingerprint density at radius 2 is 2.00 bits per heavy atom. The van der Waals surface area contributed by atoms with E-state index in [9.17, 15) is 14.3 Å². The fraction of sp³-hybridized carbons (Fsp3) is 0. The summed E-state index contributed by atoms with van der Waals surface area (Å²) in [6.45, 7) is 0. The smallest absolute Gasteiger partial charge is 0.196 e. The zero-order valence-corrected chi connectivity index (χ0v) is 10.3. The lowest BCUT2D eigenvalue weighted by atomic mass is 10.0. The summed E-state index contributed by atoms with van der Waals surface area (Å²) in [5, 5.41) is 18.6. The third-order valence-corrected chi connectivity index (χ3v) is 2.73. The first kappa shape index (κ1) is 13.1. The van der Waals surface area contributed by atoms with E-state index in [0.717, 1.165) is 12.1 Å². The minimum absolute atomic E-state index is 0.0193. The van der Waals surface area contributed by atoms with E-state index in [-0.39, 0.29) is 27.5 Å². The van der Waals surface area contributed by atoms with Crippen LogP contribution in [0.15, 0.2) is 36.4 Å². The van der Waals surface area contributed by atoms with Crippen molar-refractivity contribution in [2.75, 3.05) is 0 Å². The van der Waals surface area contributed by atoms with Gasteiger partial charge in [0.1, 0.15) is 11.6 Å². The molecule has 2 rings (SSSR count). The number of benzene rings is 2. The van der Waals surface area contributed by atoms with Gasteiger partial charge < -0.3 is 5.11 Å². The molecule has 0 fully saturated rings. The van der Waals surface area contributed by atoms with Crippen molar-refractivity contribution in [3.63, 3.8) is 0 Å². The summed E-state index contributed by atoms with van der Waals surface area (Å²) in [5.41, 5.74) is -0.0269. The van der Waals surface area contributed by atoms with E-state index in [4.69, 9.17) is 16.9 Å². The van der Waals surface area contributed by atoms with Crippen molar-refractivity contribution in [2.24, 2.45) is 0 Å². The molecular formula is C14H7ClFNO2. The third-order valence-electron chi connectivity index (χ3n) is 2.49. The minimum Gasteiger partial charge on any atom is -0.507 e. The zero-order valence-electron chi connectivity index (χ0n) is 9.52. The molecule has 0 bridgehead atoms. The number of ketones is 1. The Kier molecular flexibility index (Phi) is 3.50. The number of aromatic hydroxyl groups is 1. The second kappa shape index (κ2) is 5.09. The standard InChI is InChI=1S/C14H7ClFNO2/c15-10-1-2-13(18)12(6-10)14(19)9-3-8(7-17)4-11(16)5-9/h1-6,18H. The maximum Gasteiger partial charge on any atom is 0.196 e. The number of halogens is 2. The lowest BCUT2D eigenvalue weighted by molar-refractivity contribution is 0.103. The van der Waals surface area contributed by atoms with Crippen LogP contribution >= 0.6 is 11.6 Å². The highest BCUT2D eigenvalue weighted by atomic mass is 35.5. The highest BCUT2D eigenvalue weighted by Gasteiger charge is 2.15. The molecule has 3 nitrogen and oxygen atoms in total. The number of phenolic OH excluding ortho intramolecular Hbond substituents is 1. The maximum atomic E-state index is 13.3. The first-order chi connectivity index (χ1) is 9.01. The number of carbonyl (C=O) groups excluding carboxylic acids is 1. The molecule has 19 heavy (non-hydrogen) atoms. The summed E-state index contributed by atoms with van der Waals surface area (Å²) in [7, 11) is 0. The molecule has 0 saturated heterocycles. The van der Waals surface area contributed by atoms with Gasteiger partial charge >= 0.3 is 0 Å². The summed E-state index contributed by atoms with van der Waals surface area (Å²) >= 11 is 5.75. The number of hydrogen-bond acceptors (Lipinski definition) is 3. The molecule has 0 amide bonds. The molecule has 0 atom stereocenters. The van der Waals surface area contributed by atoms with Gasteiger partial charge in [-0.15, -0.1) is 0 Å². The number of phenols is 1. The molecule has 0 aliphatic carbocycles. The molecule has 0 aromatic heterocycles. The highest BCUT2D eigenvalue weighted by Crippen LogP contribution is 2.24. The average molecular weight is 276 g/mol. The van der Waals surface area contributed by atoms with Gasteiger partial charge in [0, 0.05) is 10.6 Å². The summed E-state index contributed by atoms with van der Waals surface area (Å²) in [6.07, 6.45) is 0. The van der Waals surface area contributed by atoms with E-state index >= 15 is 0 Å². The number of nitrogens with zero attached hydrogens (tertiary/aromatic N) is 1. The first-order valence-electron chi connectivity index (χ1n) is 5.25. The van der Waals surface area contributed by atoms with Crippen molar-refractivity contribution in [3.05, 3.63) is 63.9 Å². The number of rotatable bonds is 2.